The molecule has 1 aliphatic rings. The Bertz CT molecular complexity index is 772. The van der Waals surface area contributed by atoms with Gasteiger partial charge in [-0.05, 0) is 42.0 Å². The normalized spacial score (nSPS) is 13.5. The molecule has 0 radical (unpaired) electrons. The molecule has 0 bridgehead atoms. The van der Waals surface area contributed by atoms with Crippen LogP contribution in [0.1, 0.15) is 49.7 Å². The van der Waals surface area contributed by atoms with Gasteiger partial charge in [0.2, 0.25) is 0 Å². The molecule has 0 spiro atoms. The van der Waals surface area contributed by atoms with Crippen LogP contribution in [-0.2, 0) is 9.53 Å². The van der Waals surface area contributed by atoms with Gasteiger partial charge in [-0.25, -0.2) is 4.79 Å². The number of rotatable bonds is 8. The number of carboxylic acid groups (broad SMARTS) is 1. The van der Waals surface area contributed by atoms with Crippen molar-refractivity contribution in [3.63, 3.8) is 0 Å². The minimum absolute atomic E-state index is 0.0468. The van der Waals surface area contributed by atoms with Gasteiger partial charge >= 0.3 is 12.1 Å². The molecule has 0 saturated heterocycles. The summed E-state index contributed by atoms with van der Waals surface area (Å²) in [5, 5.41) is 11.5. The molecule has 0 aromatic heterocycles. The summed E-state index contributed by atoms with van der Waals surface area (Å²) in [5.74, 6) is -0.735. The van der Waals surface area contributed by atoms with Gasteiger partial charge in [-0.15, -0.1) is 0 Å². The minimum Gasteiger partial charge on any atom is -0.481 e. The van der Waals surface area contributed by atoms with E-state index in [0.29, 0.717) is 13.0 Å². The Morgan fingerprint density at radius 2 is 1.63 bits per heavy atom. The number of aliphatic carboxylic acids is 1. The van der Waals surface area contributed by atoms with E-state index in [9.17, 15) is 9.59 Å². The van der Waals surface area contributed by atoms with Crippen molar-refractivity contribution in [1.29, 1.82) is 0 Å². The summed E-state index contributed by atoms with van der Waals surface area (Å²) < 4.78 is 5.51. The van der Waals surface area contributed by atoms with Gasteiger partial charge in [-0.1, -0.05) is 55.0 Å². The standard InChI is InChI=1S/C22H25NO4/c1-15(8-2-7-13-21(24)25)23-22(26)27-14-20-18-11-5-3-9-16(18)17-10-4-6-12-19(17)20/h3-6,9-12,15,20H,2,7-8,13-14H2,1H3,(H,23,26)(H,24,25). The number of fused-ring (bicyclic) bond motifs is 3. The first-order valence-electron chi connectivity index (χ1n) is 9.39. The summed E-state index contributed by atoms with van der Waals surface area (Å²) in [6.07, 6.45) is 1.85. The maximum absolute atomic E-state index is 12.1. The number of hydrogen-bond donors (Lipinski definition) is 2. The number of hydrogen-bond acceptors (Lipinski definition) is 3. The van der Waals surface area contributed by atoms with Crippen LogP contribution in [0, 0.1) is 0 Å². The second-order valence-corrected chi connectivity index (χ2v) is 7.01. The van der Waals surface area contributed by atoms with E-state index in [2.05, 4.69) is 29.6 Å². The number of nitrogens with one attached hydrogen (secondary N) is 1. The first kappa shape index (κ1) is 19.0. The van der Waals surface area contributed by atoms with Gasteiger partial charge in [0, 0.05) is 18.4 Å². The molecular weight excluding hydrogens is 342 g/mol. The summed E-state index contributed by atoms with van der Waals surface area (Å²) in [7, 11) is 0. The fraction of sp³-hybridized carbons (Fsp3) is 0.364. The second kappa shape index (κ2) is 8.71. The minimum atomic E-state index is -0.785. The van der Waals surface area contributed by atoms with Crippen LogP contribution in [0.2, 0.25) is 0 Å². The van der Waals surface area contributed by atoms with Gasteiger partial charge in [-0.3, -0.25) is 4.79 Å². The molecular formula is C22H25NO4. The Labute approximate surface area is 159 Å². The quantitative estimate of drug-likeness (QED) is 0.671. The highest BCUT2D eigenvalue weighted by Gasteiger charge is 2.29. The molecule has 0 heterocycles. The monoisotopic (exact) mass is 367 g/mol. The lowest BCUT2D eigenvalue weighted by Crippen LogP contribution is -2.33. The topological polar surface area (TPSA) is 75.6 Å². The molecule has 5 heteroatoms. The summed E-state index contributed by atoms with van der Waals surface area (Å²) in [6, 6.07) is 16.4. The van der Waals surface area contributed by atoms with E-state index in [1.54, 1.807) is 0 Å². The predicted octanol–water partition coefficient (Wildman–Crippen LogP) is 4.56. The van der Waals surface area contributed by atoms with Crippen LogP contribution < -0.4 is 5.32 Å². The molecule has 0 fully saturated rings. The third-order valence-electron chi connectivity index (χ3n) is 4.99. The molecule has 142 valence electrons. The van der Waals surface area contributed by atoms with Crippen molar-refractivity contribution in [2.75, 3.05) is 6.61 Å². The fourth-order valence-corrected chi connectivity index (χ4v) is 3.64. The van der Waals surface area contributed by atoms with E-state index in [4.69, 9.17) is 9.84 Å². The van der Waals surface area contributed by atoms with Crippen molar-refractivity contribution >= 4 is 12.1 Å². The molecule has 0 aliphatic heterocycles. The number of carboxylic acids is 1. The summed E-state index contributed by atoms with van der Waals surface area (Å²) in [6.45, 7) is 2.20. The van der Waals surface area contributed by atoms with Crippen molar-refractivity contribution < 1.29 is 19.4 Å². The van der Waals surface area contributed by atoms with E-state index in [1.165, 1.54) is 22.3 Å². The van der Waals surface area contributed by atoms with Crippen molar-refractivity contribution in [1.82, 2.24) is 5.32 Å². The molecule has 2 aromatic rings. The lowest BCUT2D eigenvalue weighted by Gasteiger charge is -2.17. The SMILES string of the molecule is CC(CCCCC(=O)O)NC(=O)OCC1c2ccccc2-c2ccccc21. The highest BCUT2D eigenvalue weighted by molar-refractivity contribution is 5.79. The van der Waals surface area contributed by atoms with Gasteiger partial charge in [0.25, 0.3) is 0 Å². The van der Waals surface area contributed by atoms with E-state index >= 15 is 0 Å². The lowest BCUT2D eigenvalue weighted by molar-refractivity contribution is -0.137. The Morgan fingerprint density at radius 1 is 1.04 bits per heavy atom. The van der Waals surface area contributed by atoms with Crippen LogP contribution in [0.4, 0.5) is 4.79 Å². The van der Waals surface area contributed by atoms with Crippen molar-refractivity contribution in [2.45, 2.75) is 44.6 Å². The van der Waals surface area contributed by atoms with Gasteiger partial charge < -0.3 is 15.2 Å². The van der Waals surface area contributed by atoms with Gasteiger partial charge in [0.15, 0.2) is 0 Å². The highest BCUT2D eigenvalue weighted by Crippen LogP contribution is 2.44. The van der Waals surface area contributed by atoms with Crippen molar-refractivity contribution in [2.24, 2.45) is 0 Å². The number of unbranched alkanes of at least 4 members (excludes halogenated alkanes) is 1. The zero-order chi connectivity index (χ0) is 19.2. The molecule has 1 atom stereocenters. The molecule has 0 saturated carbocycles. The number of ether oxygens (including phenoxy) is 1. The van der Waals surface area contributed by atoms with Crippen LogP contribution in [0.3, 0.4) is 0 Å². The summed E-state index contributed by atoms with van der Waals surface area (Å²) >= 11 is 0. The average molecular weight is 367 g/mol. The summed E-state index contributed by atoms with van der Waals surface area (Å²) in [5.41, 5.74) is 4.78. The van der Waals surface area contributed by atoms with Crippen LogP contribution in [0.5, 0.6) is 0 Å². The first-order chi connectivity index (χ1) is 13.1. The zero-order valence-electron chi connectivity index (χ0n) is 15.5. The number of carbonyl (C=O) groups excluding carboxylic acids is 1. The van der Waals surface area contributed by atoms with Gasteiger partial charge in [-0.2, -0.15) is 0 Å². The second-order valence-electron chi connectivity index (χ2n) is 7.01. The molecule has 1 aliphatic carbocycles. The lowest BCUT2D eigenvalue weighted by atomic mass is 9.98. The molecule has 27 heavy (non-hydrogen) atoms. The largest absolute Gasteiger partial charge is 0.481 e. The molecule has 3 rings (SSSR count). The Balaban J connectivity index is 1.53. The molecule has 1 unspecified atom stereocenters. The Morgan fingerprint density at radius 3 is 2.22 bits per heavy atom. The smallest absolute Gasteiger partial charge is 0.407 e. The van der Waals surface area contributed by atoms with E-state index in [0.717, 1.165) is 12.8 Å². The summed E-state index contributed by atoms with van der Waals surface area (Å²) in [4.78, 5) is 22.7. The zero-order valence-corrected chi connectivity index (χ0v) is 15.5. The maximum atomic E-state index is 12.1. The fourth-order valence-electron chi connectivity index (χ4n) is 3.64. The van der Waals surface area contributed by atoms with Crippen LogP contribution in [-0.4, -0.2) is 29.8 Å². The van der Waals surface area contributed by atoms with Crippen LogP contribution in [0.25, 0.3) is 11.1 Å². The Hall–Kier alpha value is -2.82. The molecule has 2 aromatic carbocycles. The molecule has 1 amide bonds. The molecule has 2 N–H and O–H groups in total. The number of benzene rings is 2. The van der Waals surface area contributed by atoms with Gasteiger partial charge in [0.1, 0.15) is 6.61 Å². The first-order valence-corrected chi connectivity index (χ1v) is 9.39. The third-order valence-corrected chi connectivity index (χ3v) is 4.99. The third kappa shape index (κ3) is 4.67. The number of alkyl carbamates (subject to hydrolysis) is 1. The maximum Gasteiger partial charge on any atom is 0.407 e. The number of amides is 1. The average Bonchev–Trinajstić information content (AvgIpc) is 2.97. The van der Waals surface area contributed by atoms with Gasteiger partial charge in [0.05, 0.1) is 0 Å². The van der Waals surface area contributed by atoms with Crippen molar-refractivity contribution in [3.8, 4) is 11.1 Å². The van der Waals surface area contributed by atoms with Crippen LogP contribution in [0.15, 0.2) is 48.5 Å². The predicted molar refractivity (Wildman–Crippen MR) is 104 cm³/mol. The van der Waals surface area contributed by atoms with E-state index in [-0.39, 0.29) is 18.4 Å². The number of carbonyl (C=O) groups is 2. The van der Waals surface area contributed by atoms with E-state index in [1.807, 2.05) is 31.2 Å². The van der Waals surface area contributed by atoms with Crippen LogP contribution >= 0.6 is 0 Å². The molecule has 5 nitrogen and oxygen atoms in total. The van der Waals surface area contributed by atoms with Crippen molar-refractivity contribution in [3.05, 3.63) is 59.7 Å². The highest BCUT2D eigenvalue weighted by atomic mass is 16.5. The Kier molecular flexibility index (Phi) is 6.12. The van der Waals surface area contributed by atoms with E-state index < -0.39 is 12.1 Å².